The third-order valence-corrected chi connectivity index (χ3v) is 3.08. The number of alkyl halides is 4. The van der Waals surface area contributed by atoms with Gasteiger partial charge in [0.05, 0.1) is 4.92 Å². The standard InChI is InChI=1S/C7H3Cl2F3N2O4/c8-3-1-2-6(14(17)18,7(10,11)12)5(9)4(3)13(15)16/h1-3H. The van der Waals surface area contributed by atoms with E-state index in [9.17, 15) is 33.4 Å². The van der Waals surface area contributed by atoms with Crippen LogP contribution in [0.5, 0.6) is 0 Å². The van der Waals surface area contributed by atoms with E-state index in [1.54, 1.807) is 0 Å². The first kappa shape index (κ1) is 14.7. The van der Waals surface area contributed by atoms with Crippen molar-refractivity contribution in [3.8, 4) is 0 Å². The molecule has 1 aliphatic rings. The molecule has 0 N–H and O–H groups in total. The average molecular weight is 307 g/mol. The lowest BCUT2D eigenvalue weighted by Crippen LogP contribution is -2.53. The lowest BCUT2D eigenvalue weighted by molar-refractivity contribution is -0.586. The molecule has 0 amide bonds. The van der Waals surface area contributed by atoms with Crippen LogP contribution in [0.15, 0.2) is 22.9 Å². The number of nitrogens with zero attached hydrogens (tertiary/aromatic N) is 2. The molecule has 0 fully saturated rings. The number of hydrogen-bond donors (Lipinski definition) is 0. The van der Waals surface area contributed by atoms with Crippen LogP contribution in [0.4, 0.5) is 13.2 Å². The highest BCUT2D eigenvalue weighted by Crippen LogP contribution is 2.46. The molecule has 18 heavy (non-hydrogen) atoms. The van der Waals surface area contributed by atoms with Crippen molar-refractivity contribution >= 4 is 23.2 Å². The van der Waals surface area contributed by atoms with Gasteiger partial charge in [-0.2, -0.15) is 13.2 Å². The highest BCUT2D eigenvalue weighted by Gasteiger charge is 2.70. The van der Waals surface area contributed by atoms with Gasteiger partial charge < -0.3 is 0 Å². The van der Waals surface area contributed by atoms with Crippen molar-refractivity contribution in [3.63, 3.8) is 0 Å². The van der Waals surface area contributed by atoms with Gasteiger partial charge in [0.1, 0.15) is 5.38 Å². The Hall–Kier alpha value is -1.35. The van der Waals surface area contributed by atoms with E-state index >= 15 is 0 Å². The van der Waals surface area contributed by atoms with Crippen LogP contribution in [-0.4, -0.2) is 26.9 Å². The monoisotopic (exact) mass is 306 g/mol. The predicted molar refractivity (Wildman–Crippen MR) is 54.4 cm³/mol. The molecule has 0 aromatic carbocycles. The van der Waals surface area contributed by atoms with E-state index < -0.39 is 37.7 Å². The fraction of sp³-hybridized carbons (Fsp3) is 0.429. The zero-order chi connectivity index (χ0) is 14.3. The summed E-state index contributed by atoms with van der Waals surface area (Å²) < 4.78 is 38.4. The molecule has 11 heteroatoms. The van der Waals surface area contributed by atoms with E-state index in [2.05, 4.69) is 0 Å². The first-order valence-corrected chi connectivity index (χ1v) is 4.96. The van der Waals surface area contributed by atoms with E-state index in [1.807, 2.05) is 0 Å². The third-order valence-electron chi connectivity index (χ3n) is 2.24. The molecule has 0 radical (unpaired) electrons. The van der Waals surface area contributed by atoms with E-state index in [1.165, 1.54) is 0 Å². The van der Waals surface area contributed by atoms with Crippen LogP contribution in [-0.2, 0) is 0 Å². The van der Waals surface area contributed by atoms with Crippen LogP contribution in [0.1, 0.15) is 0 Å². The van der Waals surface area contributed by atoms with Gasteiger partial charge in [-0.15, -0.1) is 11.6 Å². The van der Waals surface area contributed by atoms with E-state index in [0.29, 0.717) is 6.08 Å². The minimum atomic E-state index is -5.43. The van der Waals surface area contributed by atoms with Crippen molar-refractivity contribution in [2.24, 2.45) is 0 Å². The van der Waals surface area contributed by atoms with Crippen LogP contribution >= 0.6 is 23.2 Å². The van der Waals surface area contributed by atoms with Crippen LogP contribution in [0, 0.1) is 20.2 Å². The van der Waals surface area contributed by atoms with E-state index in [-0.39, 0.29) is 6.08 Å². The fourth-order valence-electron chi connectivity index (χ4n) is 1.35. The summed E-state index contributed by atoms with van der Waals surface area (Å²) in [5, 5.41) is 18.1. The van der Waals surface area contributed by atoms with Gasteiger partial charge in [-0.3, -0.25) is 20.2 Å². The van der Waals surface area contributed by atoms with Crippen molar-refractivity contribution in [2.45, 2.75) is 17.1 Å². The van der Waals surface area contributed by atoms with Crippen LogP contribution < -0.4 is 0 Å². The molecule has 0 saturated carbocycles. The second kappa shape index (κ2) is 4.39. The predicted octanol–water partition coefficient (Wildman–Crippen LogP) is 2.47. The average Bonchev–Trinajstić information content (AvgIpc) is 2.14. The van der Waals surface area contributed by atoms with Gasteiger partial charge in [0.2, 0.25) is 0 Å². The summed E-state index contributed by atoms with van der Waals surface area (Å²) in [7, 11) is 0. The van der Waals surface area contributed by atoms with Crippen molar-refractivity contribution in [1.29, 1.82) is 0 Å². The first-order valence-electron chi connectivity index (χ1n) is 4.15. The Morgan fingerprint density at radius 2 is 1.83 bits per heavy atom. The normalized spacial score (nSPS) is 28.4. The fourth-order valence-corrected chi connectivity index (χ4v) is 2.09. The topological polar surface area (TPSA) is 86.3 Å². The Labute approximate surface area is 107 Å². The number of halogens is 5. The maximum atomic E-state index is 12.8. The summed E-state index contributed by atoms with van der Waals surface area (Å²) in [4.78, 5) is 18.2. The molecular weight excluding hydrogens is 304 g/mol. The molecular formula is C7H3Cl2F3N2O4. The molecule has 0 heterocycles. The number of nitro groups is 2. The van der Waals surface area contributed by atoms with Crippen molar-refractivity contribution in [2.75, 3.05) is 0 Å². The summed E-state index contributed by atoms with van der Waals surface area (Å²) in [5.41, 5.74) is -5.09. The molecule has 0 aromatic heterocycles. The Morgan fingerprint density at radius 3 is 2.17 bits per heavy atom. The lowest BCUT2D eigenvalue weighted by atomic mass is 9.91. The smallest absolute Gasteiger partial charge is 0.263 e. The van der Waals surface area contributed by atoms with Crippen molar-refractivity contribution in [3.05, 3.63) is 43.1 Å². The largest absolute Gasteiger partial charge is 0.470 e. The number of rotatable bonds is 2. The quantitative estimate of drug-likeness (QED) is 0.339. The molecule has 0 bridgehead atoms. The Morgan fingerprint density at radius 1 is 1.33 bits per heavy atom. The minimum Gasteiger partial charge on any atom is -0.263 e. The summed E-state index contributed by atoms with van der Waals surface area (Å²) in [5.74, 6) is 0. The van der Waals surface area contributed by atoms with Gasteiger partial charge in [-0.05, 0) is 0 Å². The molecule has 6 nitrogen and oxygen atoms in total. The van der Waals surface area contributed by atoms with Gasteiger partial charge in [-0.1, -0.05) is 17.7 Å². The molecule has 0 saturated heterocycles. The van der Waals surface area contributed by atoms with E-state index in [4.69, 9.17) is 23.2 Å². The minimum absolute atomic E-state index is 0.111. The Bertz CT molecular complexity index is 476. The second-order valence-electron chi connectivity index (χ2n) is 3.24. The Kier molecular flexibility index (Phi) is 3.59. The molecule has 100 valence electrons. The lowest BCUT2D eigenvalue weighted by Gasteiger charge is -2.26. The van der Waals surface area contributed by atoms with Crippen LogP contribution in [0.3, 0.4) is 0 Å². The Balaban J connectivity index is 3.61. The molecule has 0 aliphatic heterocycles. The van der Waals surface area contributed by atoms with Gasteiger partial charge in [0, 0.05) is 11.0 Å². The second-order valence-corrected chi connectivity index (χ2v) is 4.09. The zero-order valence-electron chi connectivity index (χ0n) is 8.15. The summed E-state index contributed by atoms with van der Waals surface area (Å²) in [6, 6.07) is 0. The zero-order valence-corrected chi connectivity index (χ0v) is 9.66. The van der Waals surface area contributed by atoms with Crippen LogP contribution in [0.25, 0.3) is 0 Å². The molecule has 1 aliphatic carbocycles. The number of allylic oxidation sites excluding steroid dienone is 1. The van der Waals surface area contributed by atoms with Gasteiger partial charge in [0.15, 0.2) is 5.03 Å². The molecule has 0 spiro atoms. The first-order chi connectivity index (χ1) is 8.05. The third kappa shape index (κ3) is 1.93. The maximum absolute atomic E-state index is 12.8. The van der Waals surface area contributed by atoms with Crippen molar-refractivity contribution in [1.82, 2.24) is 0 Å². The summed E-state index contributed by atoms with van der Waals surface area (Å²) in [6.07, 6.45) is -4.80. The highest BCUT2D eigenvalue weighted by molar-refractivity contribution is 6.33. The molecule has 1 rings (SSSR count). The van der Waals surface area contributed by atoms with Crippen LogP contribution in [0.2, 0.25) is 0 Å². The SMILES string of the molecule is O=[N+]([O-])C1=C(Cl)C([N+](=O)[O-])(C(F)(F)F)C=CC1Cl. The van der Waals surface area contributed by atoms with Gasteiger partial charge >= 0.3 is 11.7 Å². The maximum Gasteiger partial charge on any atom is 0.470 e. The number of hydrogen-bond acceptors (Lipinski definition) is 4. The highest BCUT2D eigenvalue weighted by atomic mass is 35.5. The van der Waals surface area contributed by atoms with Crippen molar-refractivity contribution < 1.29 is 23.0 Å². The summed E-state index contributed by atoms with van der Waals surface area (Å²) >= 11 is 10.6. The van der Waals surface area contributed by atoms with Gasteiger partial charge in [-0.25, -0.2) is 0 Å². The molecule has 2 unspecified atom stereocenters. The molecule has 0 aromatic rings. The summed E-state index contributed by atoms with van der Waals surface area (Å²) in [6.45, 7) is 0. The van der Waals surface area contributed by atoms with Gasteiger partial charge in [0.25, 0.3) is 5.70 Å². The van der Waals surface area contributed by atoms with E-state index in [0.717, 1.165) is 0 Å². The molecule has 2 atom stereocenters.